The van der Waals surface area contributed by atoms with Gasteiger partial charge in [-0.25, -0.2) is 0 Å². The van der Waals surface area contributed by atoms with Crippen molar-refractivity contribution in [1.29, 1.82) is 0 Å². The average Bonchev–Trinajstić information content (AvgIpc) is 3.19. The normalized spacial score (nSPS) is 16.9. The van der Waals surface area contributed by atoms with Crippen LogP contribution < -0.4 is 10.5 Å². The standard InChI is InChI=1S/C25H34N4O2/c1-3-4-15-31-25-27-23-20(9-10-22(23)24(26)28-25)16-18-5-7-19(8-6-18)17-29-13-11-21(30-2)12-14-29/h5-9,21H,3-4,10-17H2,1-2H3,(H2,26,27,28). The van der Waals surface area contributed by atoms with Gasteiger partial charge in [-0.05, 0) is 48.8 Å². The number of fused-ring (bicyclic) bond motifs is 1. The summed E-state index contributed by atoms with van der Waals surface area (Å²) in [6, 6.07) is 9.37. The Bertz CT molecular complexity index is 902. The minimum absolute atomic E-state index is 0.394. The zero-order valence-electron chi connectivity index (χ0n) is 18.8. The second-order valence-corrected chi connectivity index (χ2v) is 8.56. The van der Waals surface area contributed by atoms with Gasteiger partial charge in [0, 0.05) is 32.3 Å². The Hall–Kier alpha value is -2.44. The topological polar surface area (TPSA) is 73.5 Å². The summed E-state index contributed by atoms with van der Waals surface area (Å²) in [4.78, 5) is 11.5. The van der Waals surface area contributed by atoms with E-state index in [1.165, 1.54) is 16.7 Å². The van der Waals surface area contributed by atoms with Gasteiger partial charge in [-0.1, -0.05) is 43.7 Å². The first-order valence-corrected chi connectivity index (χ1v) is 11.5. The Morgan fingerprint density at radius 2 is 1.84 bits per heavy atom. The number of allylic oxidation sites excluding steroid dienone is 2. The van der Waals surface area contributed by atoms with E-state index in [0.29, 0.717) is 24.5 Å². The number of hydrogen-bond acceptors (Lipinski definition) is 6. The van der Waals surface area contributed by atoms with Crippen LogP contribution in [0.4, 0.5) is 5.82 Å². The summed E-state index contributed by atoms with van der Waals surface area (Å²) in [7, 11) is 1.82. The third kappa shape index (κ3) is 5.43. The van der Waals surface area contributed by atoms with E-state index in [1.54, 1.807) is 0 Å². The maximum Gasteiger partial charge on any atom is 0.318 e. The number of unbranched alkanes of at least 4 members (excludes halogenated alkanes) is 1. The molecule has 1 saturated heterocycles. The van der Waals surface area contributed by atoms with Crippen molar-refractivity contribution in [2.24, 2.45) is 0 Å². The van der Waals surface area contributed by atoms with Gasteiger partial charge >= 0.3 is 6.01 Å². The Morgan fingerprint density at radius 1 is 1.10 bits per heavy atom. The summed E-state index contributed by atoms with van der Waals surface area (Å²) >= 11 is 0. The number of likely N-dealkylation sites (tertiary alicyclic amines) is 1. The summed E-state index contributed by atoms with van der Waals surface area (Å²) in [5.41, 5.74) is 12.0. The summed E-state index contributed by atoms with van der Waals surface area (Å²) in [5.74, 6) is 0.537. The van der Waals surface area contributed by atoms with Crippen molar-refractivity contribution in [3.8, 4) is 6.01 Å². The lowest BCUT2D eigenvalue weighted by Gasteiger charge is -2.31. The number of ether oxygens (including phenoxy) is 2. The van der Waals surface area contributed by atoms with E-state index in [0.717, 1.165) is 69.4 Å². The van der Waals surface area contributed by atoms with Crippen molar-refractivity contribution in [3.05, 3.63) is 52.7 Å². The lowest BCUT2D eigenvalue weighted by molar-refractivity contribution is 0.0388. The molecule has 1 fully saturated rings. The van der Waals surface area contributed by atoms with Gasteiger partial charge in [-0.15, -0.1) is 0 Å². The SMILES string of the molecule is CCCCOc1nc(N)c2c(n1)C(Cc1ccc(CN3CCC(OC)CC3)cc1)=CC2. The highest BCUT2D eigenvalue weighted by atomic mass is 16.5. The molecule has 1 aromatic carbocycles. The van der Waals surface area contributed by atoms with Gasteiger partial charge in [0.05, 0.1) is 18.4 Å². The van der Waals surface area contributed by atoms with E-state index in [2.05, 4.69) is 52.1 Å². The number of nitrogen functional groups attached to an aromatic ring is 1. The fourth-order valence-electron chi connectivity index (χ4n) is 4.34. The zero-order chi connectivity index (χ0) is 21.6. The number of benzene rings is 1. The summed E-state index contributed by atoms with van der Waals surface area (Å²) in [5, 5.41) is 0. The van der Waals surface area contributed by atoms with E-state index in [1.807, 2.05) is 7.11 Å². The lowest BCUT2D eigenvalue weighted by Crippen LogP contribution is -2.36. The van der Waals surface area contributed by atoms with Crippen LogP contribution in [0.5, 0.6) is 6.01 Å². The Morgan fingerprint density at radius 3 is 2.55 bits per heavy atom. The highest BCUT2D eigenvalue weighted by Crippen LogP contribution is 2.32. The predicted molar refractivity (Wildman–Crippen MR) is 124 cm³/mol. The smallest absolute Gasteiger partial charge is 0.318 e. The Balaban J connectivity index is 1.37. The number of methoxy groups -OCH3 is 1. The van der Waals surface area contributed by atoms with Crippen molar-refractivity contribution in [2.75, 3.05) is 32.5 Å². The van der Waals surface area contributed by atoms with E-state index >= 15 is 0 Å². The molecule has 2 aromatic rings. The molecule has 0 atom stereocenters. The van der Waals surface area contributed by atoms with Gasteiger partial charge in [0.15, 0.2) is 0 Å². The van der Waals surface area contributed by atoms with Crippen molar-refractivity contribution >= 4 is 11.4 Å². The van der Waals surface area contributed by atoms with Gasteiger partial charge in [0.1, 0.15) is 5.82 Å². The number of nitrogens with two attached hydrogens (primary N) is 1. The molecule has 0 unspecified atom stereocenters. The first-order valence-electron chi connectivity index (χ1n) is 11.5. The first-order chi connectivity index (χ1) is 15.2. The third-order valence-corrected chi connectivity index (χ3v) is 6.30. The molecule has 1 aliphatic carbocycles. The van der Waals surface area contributed by atoms with Crippen LogP contribution in [0.1, 0.15) is 55.0 Å². The molecule has 31 heavy (non-hydrogen) atoms. The Labute approximate surface area is 185 Å². The highest BCUT2D eigenvalue weighted by Gasteiger charge is 2.22. The van der Waals surface area contributed by atoms with Crippen molar-refractivity contribution in [1.82, 2.24) is 14.9 Å². The molecule has 0 amide bonds. The van der Waals surface area contributed by atoms with Crippen LogP contribution in [-0.4, -0.2) is 47.8 Å². The third-order valence-electron chi connectivity index (χ3n) is 6.30. The second-order valence-electron chi connectivity index (χ2n) is 8.56. The van der Waals surface area contributed by atoms with Gasteiger partial charge in [0.25, 0.3) is 0 Å². The van der Waals surface area contributed by atoms with E-state index in [-0.39, 0.29) is 0 Å². The van der Waals surface area contributed by atoms with E-state index < -0.39 is 0 Å². The number of rotatable bonds is 9. The van der Waals surface area contributed by atoms with Crippen LogP contribution in [0, 0.1) is 0 Å². The lowest BCUT2D eigenvalue weighted by atomic mass is 10.0. The quantitative estimate of drug-likeness (QED) is 0.615. The molecule has 6 nitrogen and oxygen atoms in total. The molecule has 166 valence electrons. The summed E-state index contributed by atoms with van der Waals surface area (Å²) < 4.78 is 11.2. The van der Waals surface area contributed by atoms with Crippen LogP contribution in [0.25, 0.3) is 5.57 Å². The number of piperidine rings is 1. The van der Waals surface area contributed by atoms with Crippen LogP contribution in [0.15, 0.2) is 30.3 Å². The maximum absolute atomic E-state index is 6.18. The molecular weight excluding hydrogens is 388 g/mol. The molecule has 0 bridgehead atoms. The monoisotopic (exact) mass is 422 g/mol. The molecule has 0 saturated carbocycles. The van der Waals surface area contributed by atoms with Crippen molar-refractivity contribution < 1.29 is 9.47 Å². The number of anilines is 1. The van der Waals surface area contributed by atoms with Gasteiger partial charge in [-0.3, -0.25) is 4.90 Å². The minimum Gasteiger partial charge on any atom is -0.463 e. The first kappa shape index (κ1) is 21.8. The maximum atomic E-state index is 6.18. The van der Waals surface area contributed by atoms with Crippen LogP contribution in [-0.2, 0) is 24.1 Å². The summed E-state index contributed by atoms with van der Waals surface area (Å²) in [6.45, 7) is 5.97. The fraction of sp³-hybridized carbons (Fsp3) is 0.520. The predicted octanol–water partition coefficient (Wildman–Crippen LogP) is 4.03. The molecule has 2 N–H and O–H groups in total. The minimum atomic E-state index is 0.394. The Kier molecular flexibility index (Phi) is 7.20. The summed E-state index contributed by atoms with van der Waals surface area (Å²) in [6.07, 6.45) is 8.59. The van der Waals surface area contributed by atoms with Gasteiger partial charge < -0.3 is 15.2 Å². The van der Waals surface area contributed by atoms with Crippen molar-refractivity contribution in [3.63, 3.8) is 0 Å². The van der Waals surface area contributed by atoms with E-state index in [4.69, 9.17) is 15.2 Å². The number of nitrogens with zero attached hydrogens (tertiary/aromatic N) is 3. The average molecular weight is 423 g/mol. The molecular formula is C25H34N4O2. The van der Waals surface area contributed by atoms with Crippen LogP contribution in [0.3, 0.4) is 0 Å². The number of aromatic nitrogens is 2. The van der Waals surface area contributed by atoms with Gasteiger partial charge in [-0.2, -0.15) is 9.97 Å². The van der Waals surface area contributed by atoms with Crippen molar-refractivity contribution in [2.45, 2.75) is 58.1 Å². The highest BCUT2D eigenvalue weighted by molar-refractivity contribution is 5.75. The molecule has 0 spiro atoms. The molecule has 1 aliphatic heterocycles. The fourth-order valence-corrected chi connectivity index (χ4v) is 4.34. The molecule has 4 rings (SSSR count). The molecule has 2 heterocycles. The second kappa shape index (κ2) is 10.2. The zero-order valence-corrected chi connectivity index (χ0v) is 18.8. The van der Waals surface area contributed by atoms with Crippen LogP contribution in [0.2, 0.25) is 0 Å². The molecule has 0 radical (unpaired) electrons. The molecule has 6 heteroatoms. The largest absolute Gasteiger partial charge is 0.463 e. The number of hydrogen-bond donors (Lipinski definition) is 1. The van der Waals surface area contributed by atoms with E-state index in [9.17, 15) is 0 Å². The van der Waals surface area contributed by atoms with Crippen LogP contribution >= 0.6 is 0 Å². The molecule has 1 aromatic heterocycles. The van der Waals surface area contributed by atoms with Gasteiger partial charge in [0.2, 0.25) is 0 Å². The molecule has 2 aliphatic rings.